The van der Waals surface area contributed by atoms with Gasteiger partial charge in [0.25, 0.3) is 0 Å². The van der Waals surface area contributed by atoms with E-state index in [0.29, 0.717) is 12.8 Å². The van der Waals surface area contributed by atoms with Crippen molar-refractivity contribution in [1.29, 1.82) is 0 Å². The van der Waals surface area contributed by atoms with E-state index in [0.717, 1.165) is 24.0 Å². The van der Waals surface area contributed by atoms with Crippen LogP contribution >= 0.6 is 0 Å². The lowest BCUT2D eigenvalue weighted by Crippen LogP contribution is -2.21. The second-order valence-corrected chi connectivity index (χ2v) is 4.54. The zero-order valence-corrected chi connectivity index (χ0v) is 9.98. The molecule has 15 heavy (non-hydrogen) atoms. The first-order chi connectivity index (χ1) is 6.83. The molecule has 0 amide bonds. The van der Waals surface area contributed by atoms with Crippen molar-refractivity contribution in [1.82, 2.24) is 0 Å². The fraction of sp³-hybridized carbons (Fsp3) is 0.692. The van der Waals surface area contributed by atoms with Gasteiger partial charge in [0.15, 0.2) is 0 Å². The molecule has 0 spiro atoms. The Labute approximate surface area is 92.7 Å². The van der Waals surface area contributed by atoms with Crippen LogP contribution in [0.1, 0.15) is 52.4 Å². The second-order valence-electron chi connectivity index (χ2n) is 4.54. The fourth-order valence-corrected chi connectivity index (χ4v) is 1.45. The van der Waals surface area contributed by atoms with E-state index >= 15 is 0 Å². The Morgan fingerprint density at radius 1 is 1.07 bits per heavy atom. The molecule has 0 radical (unpaired) electrons. The number of allylic oxidation sites excluding steroid dienone is 2. The van der Waals surface area contributed by atoms with E-state index in [9.17, 15) is 9.50 Å². The van der Waals surface area contributed by atoms with Gasteiger partial charge in [-0.1, -0.05) is 11.1 Å². The summed E-state index contributed by atoms with van der Waals surface area (Å²) in [7, 11) is 0. The Balaban J connectivity index is 3.66. The lowest BCUT2D eigenvalue weighted by Gasteiger charge is -2.18. The Bertz CT molecular complexity index is 197. The maximum absolute atomic E-state index is 13.5. The number of hydrogen-bond donors (Lipinski definition) is 1. The van der Waals surface area contributed by atoms with E-state index in [4.69, 9.17) is 0 Å². The molecule has 0 aliphatic carbocycles. The number of hydrogen-bond acceptors (Lipinski definition) is 1. The summed E-state index contributed by atoms with van der Waals surface area (Å²) < 4.78 is 13.5. The molecule has 0 heterocycles. The number of aliphatic hydroxyl groups is 1. The summed E-state index contributed by atoms with van der Waals surface area (Å²) in [6.45, 7) is 11.3. The molecule has 0 aliphatic heterocycles. The van der Waals surface area contributed by atoms with Crippen molar-refractivity contribution in [3.05, 3.63) is 24.3 Å². The number of halogens is 1. The molecule has 0 unspecified atom stereocenters. The predicted molar refractivity (Wildman–Crippen MR) is 63.4 cm³/mol. The molecule has 0 aromatic rings. The summed E-state index contributed by atoms with van der Waals surface area (Å²) >= 11 is 0. The van der Waals surface area contributed by atoms with Crippen LogP contribution in [0.5, 0.6) is 0 Å². The molecule has 0 bridgehead atoms. The van der Waals surface area contributed by atoms with Gasteiger partial charge >= 0.3 is 0 Å². The monoisotopic (exact) mass is 214 g/mol. The van der Waals surface area contributed by atoms with Crippen molar-refractivity contribution < 1.29 is 9.50 Å². The zero-order valence-electron chi connectivity index (χ0n) is 9.98. The smallest absolute Gasteiger partial charge is 0.206 e. The predicted octanol–water partition coefficient (Wildman–Crippen LogP) is 4.14. The minimum atomic E-state index is -2.01. The van der Waals surface area contributed by atoms with Gasteiger partial charge in [-0.3, -0.25) is 0 Å². The van der Waals surface area contributed by atoms with Crippen LogP contribution in [-0.4, -0.2) is 11.0 Å². The lowest BCUT2D eigenvalue weighted by atomic mass is 10.0. The van der Waals surface area contributed by atoms with Gasteiger partial charge in [-0.05, 0) is 39.5 Å². The Hall–Kier alpha value is -0.630. The third kappa shape index (κ3) is 9.67. The van der Waals surface area contributed by atoms with Crippen molar-refractivity contribution in [2.75, 3.05) is 0 Å². The SMILES string of the molecule is C=C(C)CCCC(O)(F)CCCC(=C)C. The average Bonchev–Trinajstić information content (AvgIpc) is 2.01. The van der Waals surface area contributed by atoms with E-state index < -0.39 is 5.85 Å². The van der Waals surface area contributed by atoms with Gasteiger partial charge in [0.1, 0.15) is 0 Å². The molecule has 0 rings (SSSR count). The van der Waals surface area contributed by atoms with Gasteiger partial charge in [0, 0.05) is 12.8 Å². The Morgan fingerprint density at radius 2 is 1.40 bits per heavy atom. The highest BCUT2D eigenvalue weighted by Crippen LogP contribution is 2.24. The van der Waals surface area contributed by atoms with E-state index in [2.05, 4.69) is 13.2 Å². The molecule has 0 atom stereocenters. The largest absolute Gasteiger partial charge is 0.362 e. The van der Waals surface area contributed by atoms with Crippen LogP contribution in [0, 0.1) is 0 Å². The Kier molecular flexibility index (Phi) is 6.50. The molecule has 1 nitrogen and oxygen atoms in total. The fourth-order valence-electron chi connectivity index (χ4n) is 1.45. The highest BCUT2D eigenvalue weighted by Gasteiger charge is 2.24. The molecular weight excluding hydrogens is 191 g/mol. The van der Waals surface area contributed by atoms with Crippen molar-refractivity contribution >= 4 is 0 Å². The van der Waals surface area contributed by atoms with Crippen molar-refractivity contribution in [3.8, 4) is 0 Å². The summed E-state index contributed by atoms with van der Waals surface area (Å²) in [5.74, 6) is -2.01. The summed E-state index contributed by atoms with van der Waals surface area (Å²) in [5.41, 5.74) is 2.07. The minimum Gasteiger partial charge on any atom is -0.362 e. The van der Waals surface area contributed by atoms with Crippen LogP contribution in [0.15, 0.2) is 24.3 Å². The molecule has 0 saturated carbocycles. The lowest BCUT2D eigenvalue weighted by molar-refractivity contribution is -0.102. The van der Waals surface area contributed by atoms with Crippen LogP contribution in [0.4, 0.5) is 4.39 Å². The average molecular weight is 214 g/mol. The van der Waals surface area contributed by atoms with E-state index in [1.807, 2.05) is 13.8 Å². The minimum absolute atomic E-state index is 0.204. The molecule has 0 aliphatic rings. The van der Waals surface area contributed by atoms with Crippen molar-refractivity contribution in [2.45, 2.75) is 58.2 Å². The molecule has 1 N–H and O–H groups in total. The first kappa shape index (κ1) is 14.4. The van der Waals surface area contributed by atoms with Crippen LogP contribution in [-0.2, 0) is 0 Å². The van der Waals surface area contributed by atoms with Gasteiger partial charge in [0.2, 0.25) is 5.85 Å². The summed E-state index contributed by atoms with van der Waals surface area (Å²) in [6.07, 6.45) is 3.30. The maximum Gasteiger partial charge on any atom is 0.206 e. The summed E-state index contributed by atoms with van der Waals surface area (Å²) in [5, 5.41) is 9.41. The standard InChI is InChI=1S/C13H23FO/c1-11(2)7-5-9-13(14,15)10-6-8-12(3)4/h15H,1,3,5-10H2,2,4H3. The van der Waals surface area contributed by atoms with Gasteiger partial charge in [-0.25, -0.2) is 4.39 Å². The number of rotatable bonds is 8. The van der Waals surface area contributed by atoms with Gasteiger partial charge in [-0.15, -0.1) is 13.2 Å². The van der Waals surface area contributed by atoms with E-state index in [1.165, 1.54) is 0 Å². The summed E-state index contributed by atoms with van der Waals surface area (Å²) in [6, 6.07) is 0. The molecule has 0 fully saturated rings. The molecular formula is C13H23FO. The molecule has 88 valence electrons. The Morgan fingerprint density at radius 3 is 1.67 bits per heavy atom. The molecule has 0 saturated heterocycles. The highest BCUT2D eigenvalue weighted by atomic mass is 19.2. The zero-order chi connectivity index (χ0) is 11.9. The topological polar surface area (TPSA) is 20.2 Å². The van der Waals surface area contributed by atoms with Crippen molar-refractivity contribution in [2.24, 2.45) is 0 Å². The van der Waals surface area contributed by atoms with Gasteiger partial charge in [0.05, 0.1) is 0 Å². The van der Waals surface area contributed by atoms with Crippen molar-refractivity contribution in [3.63, 3.8) is 0 Å². The second kappa shape index (κ2) is 6.78. The highest BCUT2D eigenvalue weighted by molar-refractivity contribution is 4.89. The van der Waals surface area contributed by atoms with Crippen LogP contribution in [0.25, 0.3) is 0 Å². The van der Waals surface area contributed by atoms with E-state index in [-0.39, 0.29) is 12.8 Å². The van der Waals surface area contributed by atoms with Gasteiger partial charge < -0.3 is 5.11 Å². The van der Waals surface area contributed by atoms with Crippen LogP contribution in [0.2, 0.25) is 0 Å². The molecule has 2 heteroatoms. The third-order valence-electron chi connectivity index (χ3n) is 2.33. The quantitative estimate of drug-likeness (QED) is 0.602. The van der Waals surface area contributed by atoms with Crippen LogP contribution < -0.4 is 0 Å². The van der Waals surface area contributed by atoms with Gasteiger partial charge in [-0.2, -0.15) is 0 Å². The van der Waals surface area contributed by atoms with E-state index in [1.54, 1.807) is 0 Å². The number of alkyl halides is 1. The first-order valence-electron chi connectivity index (χ1n) is 5.53. The first-order valence-corrected chi connectivity index (χ1v) is 5.53. The molecule has 0 aromatic heterocycles. The molecule has 0 aromatic carbocycles. The summed E-state index contributed by atoms with van der Waals surface area (Å²) in [4.78, 5) is 0. The normalized spacial score (nSPS) is 11.5. The maximum atomic E-state index is 13.5. The third-order valence-corrected chi connectivity index (χ3v) is 2.33. The van der Waals surface area contributed by atoms with Crippen LogP contribution in [0.3, 0.4) is 0 Å².